The Bertz CT molecular complexity index is 313. The second-order valence-corrected chi connectivity index (χ2v) is 5.24. The molecular weight excluding hydrogens is 330 g/mol. The second kappa shape index (κ2) is 19.3. The van der Waals surface area contributed by atoms with E-state index in [2.05, 4.69) is 11.5 Å². The Morgan fingerprint density at radius 3 is 1.44 bits per heavy atom. The molecular formula is C17H33NO7. The van der Waals surface area contributed by atoms with Crippen LogP contribution in [-0.4, -0.2) is 104 Å². The summed E-state index contributed by atoms with van der Waals surface area (Å²) in [5, 5.41) is 0. The van der Waals surface area contributed by atoms with Crippen LogP contribution in [-0.2, 0) is 33.2 Å². The van der Waals surface area contributed by atoms with E-state index >= 15 is 0 Å². The molecule has 8 heteroatoms. The molecule has 0 bridgehead atoms. The molecule has 0 atom stereocenters. The molecule has 0 saturated heterocycles. The van der Waals surface area contributed by atoms with Gasteiger partial charge in [0.2, 0.25) is 0 Å². The van der Waals surface area contributed by atoms with E-state index in [1.165, 1.54) is 0 Å². The first-order valence-electron chi connectivity index (χ1n) is 8.49. The first-order valence-corrected chi connectivity index (χ1v) is 8.49. The fraction of sp³-hybridized carbons (Fsp3) is 0.824. The Morgan fingerprint density at radius 2 is 1.08 bits per heavy atom. The maximum Gasteiger partial charge on any atom is 0.330 e. The van der Waals surface area contributed by atoms with Gasteiger partial charge in [-0.25, -0.2) is 4.79 Å². The lowest BCUT2D eigenvalue weighted by atomic mass is 10.6. The zero-order valence-electron chi connectivity index (χ0n) is 15.6. The van der Waals surface area contributed by atoms with Crippen molar-refractivity contribution >= 4 is 5.97 Å². The van der Waals surface area contributed by atoms with Crippen LogP contribution in [0.3, 0.4) is 0 Å². The molecule has 0 aromatic carbocycles. The summed E-state index contributed by atoms with van der Waals surface area (Å²) in [5.41, 5.74) is 0. The average molecular weight is 363 g/mol. The SMILES string of the molecule is C=CC(=O)OCCOCCOCCOCCOCCOCCN(C)C. The first kappa shape index (κ1) is 24.0. The third-order valence-corrected chi connectivity index (χ3v) is 2.81. The largest absolute Gasteiger partial charge is 0.460 e. The molecule has 0 N–H and O–H groups in total. The highest BCUT2D eigenvalue weighted by Crippen LogP contribution is 1.85. The van der Waals surface area contributed by atoms with Crippen LogP contribution in [0.2, 0.25) is 0 Å². The summed E-state index contributed by atoms with van der Waals surface area (Å²) in [6, 6.07) is 0. The third kappa shape index (κ3) is 20.9. The van der Waals surface area contributed by atoms with Gasteiger partial charge >= 0.3 is 5.97 Å². The Labute approximate surface area is 150 Å². The van der Waals surface area contributed by atoms with E-state index < -0.39 is 5.97 Å². The zero-order chi connectivity index (χ0) is 18.6. The molecule has 0 spiro atoms. The van der Waals surface area contributed by atoms with E-state index in [4.69, 9.17) is 28.4 Å². The van der Waals surface area contributed by atoms with Gasteiger partial charge in [0.25, 0.3) is 0 Å². The number of rotatable bonds is 19. The predicted molar refractivity (Wildman–Crippen MR) is 93.8 cm³/mol. The fourth-order valence-electron chi connectivity index (χ4n) is 1.49. The van der Waals surface area contributed by atoms with E-state index in [1.54, 1.807) is 0 Å². The van der Waals surface area contributed by atoms with Crippen LogP contribution in [0, 0.1) is 0 Å². The molecule has 0 aliphatic rings. The van der Waals surface area contributed by atoms with Crippen LogP contribution >= 0.6 is 0 Å². The summed E-state index contributed by atoms with van der Waals surface area (Å²) in [7, 11) is 4.02. The average Bonchev–Trinajstić information content (AvgIpc) is 2.60. The highest BCUT2D eigenvalue weighted by molar-refractivity contribution is 5.81. The van der Waals surface area contributed by atoms with Crippen molar-refractivity contribution < 1.29 is 33.2 Å². The fourth-order valence-corrected chi connectivity index (χ4v) is 1.49. The van der Waals surface area contributed by atoms with Gasteiger partial charge in [-0.2, -0.15) is 0 Å². The summed E-state index contributed by atoms with van der Waals surface area (Å²) in [4.78, 5) is 12.8. The normalized spacial score (nSPS) is 11.0. The van der Waals surface area contributed by atoms with Crippen molar-refractivity contribution in [2.75, 3.05) is 93.3 Å². The first-order chi connectivity index (χ1) is 12.2. The molecule has 0 radical (unpaired) electrons. The van der Waals surface area contributed by atoms with Crippen molar-refractivity contribution in [3.8, 4) is 0 Å². The van der Waals surface area contributed by atoms with E-state index in [9.17, 15) is 4.79 Å². The van der Waals surface area contributed by atoms with Crippen molar-refractivity contribution in [2.45, 2.75) is 0 Å². The molecule has 148 valence electrons. The molecule has 8 nitrogen and oxygen atoms in total. The minimum Gasteiger partial charge on any atom is -0.460 e. The van der Waals surface area contributed by atoms with Crippen LogP contribution in [0.25, 0.3) is 0 Å². The van der Waals surface area contributed by atoms with Gasteiger partial charge in [0.15, 0.2) is 0 Å². The number of ether oxygens (including phenoxy) is 6. The van der Waals surface area contributed by atoms with Crippen molar-refractivity contribution in [3.05, 3.63) is 12.7 Å². The molecule has 0 aromatic rings. The topological polar surface area (TPSA) is 75.7 Å². The van der Waals surface area contributed by atoms with Crippen molar-refractivity contribution in [1.29, 1.82) is 0 Å². The summed E-state index contributed by atoms with van der Waals surface area (Å²) in [6.45, 7) is 9.68. The van der Waals surface area contributed by atoms with Gasteiger partial charge in [-0.05, 0) is 14.1 Å². The van der Waals surface area contributed by atoms with Gasteiger partial charge in [0.1, 0.15) is 6.61 Å². The highest BCUT2D eigenvalue weighted by atomic mass is 16.6. The molecule has 0 fully saturated rings. The van der Waals surface area contributed by atoms with Crippen LogP contribution in [0.5, 0.6) is 0 Å². The van der Waals surface area contributed by atoms with Crippen LogP contribution in [0.1, 0.15) is 0 Å². The number of carbonyl (C=O) groups excluding carboxylic acids is 1. The number of nitrogens with zero attached hydrogens (tertiary/aromatic N) is 1. The molecule has 0 aliphatic heterocycles. The van der Waals surface area contributed by atoms with Gasteiger partial charge in [-0.1, -0.05) is 6.58 Å². The standard InChI is InChI=1S/C17H33NO7/c1-4-17(19)25-16-15-24-14-13-23-12-11-22-10-9-21-8-7-20-6-5-18(2)3/h4H,1,5-16H2,2-3H3. The van der Waals surface area contributed by atoms with E-state index in [-0.39, 0.29) is 6.61 Å². The Kier molecular flexibility index (Phi) is 18.5. The second-order valence-electron chi connectivity index (χ2n) is 5.24. The summed E-state index contributed by atoms with van der Waals surface area (Å²) in [6.07, 6.45) is 1.12. The molecule has 0 aromatic heterocycles. The monoisotopic (exact) mass is 363 g/mol. The molecule has 25 heavy (non-hydrogen) atoms. The van der Waals surface area contributed by atoms with Gasteiger partial charge in [0.05, 0.1) is 66.1 Å². The van der Waals surface area contributed by atoms with Crippen LogP contribution in [0.15, 0.2) is 12.7 Å². The van der Waals surface area contributed by atoms with E-state index in [0.717, 1.165) is 12.6 Å². The van der Waals surface area contributed by atoms with Gasteiger partial charge in [-0.15, -0.1) is 0 Å². The zero-order valence-corrected chi connectivity index (χ0v) is 15.6. The molecule has 0 saturated carbocycles. The molecule has 0 heterocycles. The molecule has 0 rings (SSSR count). The quantitative estimate of drug-likeness (QED) is 0.185. The predicted octanol–water partition coefficient (Wildman–Crippen LogP) is 0.360. The summed E-state index contributed by atoms with van der Waals surface area (Å²) < 4.78 is 31.5. The number of hydrogen-bond donors (Lipinski definition) is 0. The third-order valence-electron chi connectivity index (χ3n) is 2.81. The summed E-state index contributed by atoms with van der Waals surface area (Å²) >= 11 is 0. The minimum absolute atomic E-state index is 0.217. The Morgan fingerprint density at radius 1 is 0.720 bits per heavy atom. The van der Waals surface area contributed by atoms with Gasteiger partial charge in [0, 0.05) is 12.6 Å². The van der Waals surface area contributed by atoms with Gasteiger partial charge in [-0.3, -0.25) is 0 Å². The Hall–Kier alpha value is -1.03. The number of hydrogen-bond acceptors (Lipinski definition) is 8. The van der Waals surface area contributed by atoms with Gasteiger partial charge < -0.3 is 33.3 Å². The van der Waals surface area contributed by atoms with Crippen LogP contribution < -0.4 is 0 Å². The van der Waals surface area contributed by atoms with Crippen LogP contribution in [0.4, 0.5) is 0 Å². The summed E-state index contributed by atoms with van der Waals surface area (Å²) in [5.74, 6) is -0.446. The maximum atomic E-state index is 10.7. The highest BCUT2D eigenvalue weighted by Gasteiger charge is 1.96. The minimum atomic E-state index is -0.446. The van der Waals surface area contributed by atoms with Crippen molar-refractivity contribution in [3.63, 3.8) is 0 Å². The molecule has 0 unspecified atom stereocenters. The lowest BCUT2D eigenvalue weighted by Crippen LogP contribution is -2.19. The number of esters is 1. The number of likely N-dealkylation sites (N-methyl/N-ethyl adjacent to an activating group) is 1. The van der Waals surface area contributed by atoms with E-state index in [0.29, 0.717) is 66.1 Å². The van der Waals surface area contributed by atoms with Crippen molar-refractivity contribution in [2.24, 2.45) is 0 Å². The molecule has 0 amide bonds. The van der Waals surface area contributed by atoms with E-state index in [1.807, 2.05) is 14.1 Å². The lowest BCUT2D eigenvalue weighted by Gasteiger charge is -2.10. The van der Waals surface area contributed by atoms with Crippen molar-refractivity contribution in [1.82, 2.24) is 4.90 Å². The number of carbonyl (C=O) groups is 1. The maximum absolute atomic E-state index is 10.7. The smallest absolute Gasteiger partial charge is 0.330 e. The molecule has 0 aliphatic carbocycles. The Balaban J connectivity index is 3.03. The lowest BCUT2D eigenvalue weighted by molar-refractivity contribution is -0.139.